The fourth-order valence-electron chi connectivity index (χ4n) is 3.76. The van der Waals surface area contributed by atoms with Crippen molar-refractivity contribution in [1.82, 2.24) is 5.32 Å². The number of rotatable bonds is 8. The van der Waals surface area contributed by atoms with E-state index in [1.807, 2.05) is 12.1 Å². The van der Waals surface area contributed by atoms with Gasteiger partial charge in [0.15, 0.2) is 11.5 Å². The van der Waals surface area contributed by atoms with Gasteiger partial charge in [-0.2, -0.15) is 0 Å². The lowest BCUT2D eigenvalue weighted by Gasteiger charge is -2.25. The summed E-state index contributed by atoms with van der Waals surface area (Å²) in [7, 11) is 3.18. The summed E-state index contributed by atoms with van der Waals surface area (Å²) in [5, 5.41) is 14.0. The Balaban J connectivity index is 1.54. The molecule has 0 saturated heterocycles. The van der Waals surface area contributed by atoms with Crippen molar-refractivity contribution >= 4 is 5.91 Å². The molecule has 3 rings (SSSR count). The number of amides is 1. The van der Waals surface area contributed by atoms with Crippen LogP contribution in [0.1, 0.15) is 41.5 Å². The Hall–Kier alpha value is -2.53. The van der Waals surface area contributed by atoms with Gasteiger partial charge in [0.1, 0.15) is 5.60 Å². The third-order valence-corrected chi connectivity index (χ3v) is 5.49. The molecule has 0 heterocycles. The zero-order chi connectivity index (χ0) is 20.1. The molecule has 0 radical (unpaired) electrons. The summed E-state index contributed by atoms with van der Waals surface area (Å²) < 4.78 is 10.7. The number of ether oxygens (including phenoxy) is 2. The van der Waals surface area contributed by atoms with E-state index in [-0.39, 0.29) is 12.5 Å². The quantitative estimate of drug-likeness (QED) is 0.734. The first-order chi connectivity index (χ1) is 13.4. The van der Waals surface area contributed by atoms with Crippen molar-refractivity contribution in [2.75, 3.05) is 20.8 Å². The minimum absolute atomic E-state index is 0.0329. The molecule has 0 aromatic heterocycles. The van der Waals surface area contributed by atoms with Gasteiger partial charge in [-0.1, -0.05) is 29.8 Å². The number of carbonyl (C=O) groups excluding carboxylic acids is 1. The standard InChI is InChI=1S/C23H29NO4/c1-16-7-9-17(10-8-16)5-4-6-22(25)24-15-23(26)12-11-18-13-20(27-2)21(28-3)14-19(18)23/h7-10,13-14,26H,4-6,11-12,15H2,1-3H3,(H,24,25). The van der Waals surface area contributed by atoms with Gasteiger partial charge in [0.05, 0.1) is 20.8 Å². The summed E-state index contributed by atoms with van der Waals surface area (Å²) in [5.74, 6) is 1.21. The van der Waals surface area contributed by atoms with Crippen molar-refractivity contribution in [2.24, 2.45) is 0 Å². The van der Waals surface area contributed by atoms with Crippen LogP contribution in [-0.2, 0) is 23.2 Å². The molecule has 0 aliphatic heterocycles. The normalized spacial score (nSPS) is 17.9. The van der Waals surface area contributed by atoms with E-state index >= 15 is 0 Å². The summed E-state index contributed by atoms with van der Waals surface area (Å²) in [5.41, 5.74) is 3.25. The zero-order valence-electron chi connectivity index (χ0n) is 16.9. The van der Waals surface area contributed by atoms with Crippen LogP contribution in [0.5, 0.6) is 11.5 Å². The van der Waals surface area contributed by atoms with Crippen LogP contribution in [0.4, 0.5) is 0 Å². The number of hydrogen-bond donors (Lipinski definition) is 2. The summed E-state index contributed by atoms with van der Waals surface area (Å²) in [6.07, 6.45) is 3.42. The number of methoxy groups -OCH3 is 2. The molecule has 0 saturated carbocycles. The predicted molar refractivity (Wildman–Crippen MR) is 109 cm³/mol. The summed E-state index contributed by atoms with van der Waals surface area (Å²) in [6, 6.07) is 12.1. The highest BCUT2D eigenvalue weighted by Crippen LogP contribution is 2.42. The Labute approximate surface area is 166 Å². The molecule has 150 valence electrons. The minimum atomic E-state index is -1.07. The lowest BCUT2D eigenvalue weighted by atomic mass is 9.95. The molecule has 0 bridgehead atoms. The molecule has 2 aromatic carbocycles. The second-order valence-electron chi connectivity index (χ2n) is 7.51. The lowest BCUT2D eigenvalue weighted by Crippen LogP contribution is -2.39. The van der Waals surface area contributed by atoms with Gasteiger partial charge in [0, 0.05) is 6.42 Å². The fraction of sp³-hybridized carbons (Fsp3) is 0.435. The van der Waals surface area contributed by atoms with Crippen molar-refractivity contribution in [1.29, 1.82) is 0 Å². The first-order valence-electron chi connectivity index (χ1n) is 9.75. The second-order valence-corrected chi connectivity index (χ2v) is 7.51. The molecule has 1 atom stereocenters. The van der Waals surface area contributed by atoms with Gasteiger partial charge < -0.3 is 19.9 Å². The van der Waals surface area contributed by atoms with Crippen molar-refractivity contribution in [3.05, 3.63) is 58.7 Å². The average molecular weight is 383 g/mol. The van der Waals surface area contributed by atoms with Crippen LogP contribution in [0.25, 0.3) is 0 Å². The average Bonchev–Trinajstić information content (AvgIpc) is 3.03. The van der Waals surface area contributed by atoms with Crippen LogP contribution >= 0.6 is 0 Å². The van der Waals surface area contributed by atoms with E-state index in [0.717, 1.165) is 30.4 Å². The summed E-state index contributed by atoms with van der Waals surface area (Å²) >= 11 is 0. The molecule has 28 heavy (non-hydrogen) atoms. The minimum Gasteiger partial charge on any atom is -0.493 e. The SMILES string of the molecule is COc1cc2c(cc1OC)C(O)(CNC(=O)CCCc1ccc(C)cc1)CC2. The lowest BCUT2D eigenvalue weighted by molar-refractivity contribution is -0.122. The molecule has 0 spiro atoms. The fourth-order valence-corrected chi connectivity index (χ4v) is 3.76. The Morgan fingerprint density at radius 2 is 1.82 bits per heavy atom. The molecule has 0 fully saturated rings. The largest absolute Gasteiger partial charge is 0.493 e. The molecule has 5 heteroatoms. The maximum absolute atomic E-state index is 12.3. The van der Waals surface area contributed by atoms with Gasteiger partial charge in [-0.3, -0.25) is 4.79 Å². The van der Waals surface area contributed by atoms with Crippen molar-refractivity contribution in [3.63, 3.8) is 0 Å². The molecule has 5 nitrogen and oxygen atoms in total. The topological polar surface area (TPSA) is 67.8 Å². The molecule has 1 amide bonds. The zero-order valence-corrected chi connectivity index (χ0v) is 16.9. The highest BCUT2D eigenvalue weighted by molar-refractivity contribution is 5.76. The van der Waals surface area contributed by atoms with Gasteiger partial charge >= 0.3 is 0 Å². The van der Waals surface area contributed by atoms with Crippen LogP contribution in [0.15, 0.2) is 36.4 Å². The van der Waals surface area contributed by atoms with Gasteiger partial charge in [-0.25, -0.2) is 0 Å². The third-order valence-electron chi connectivity index (χ3n) is 5.49. The monoisotopic (exact) mass is 383 g/mol. The highest BCUT2D eigenvalue weighted by Gasteiger charge is 2.38. The second kappa shape index (κ2) is 8.65. The molecule has 2 aromatic rings. The Morgan fingerprint density at radius 3 is 2.50 bits per heavy atom. The molecule has 1 aliphatic rings. The highest BCUT2D eigenvalue weighted by atomic mass is 16.5. The van der Waals surface area contributed by atoms with Gasteiger partial charge in [0.2, 0.25) is 5.91 Å². The van der Waals surface area contributed by atoms with E-state index < -0.39 is 5.60 Å². The molecule has 2 N–H and O–H groups in total. The smallest absolute Gasteiger partial charge is 0.220 e. The maximum Gasteiger partial charge on any atom is 0.220 e. The number of benzene rings is 2. The van der Waals surface area contributed by atoms with E-state index in [4.69, 9.17) is 9.47 Å². The van der Waals surface area contributed by atoms with Gasteiger partial charge in [-0.15, -0.1) is 0 Å². The summed E-state index contributed by atoms with van der Waals surface area (Å²) in [6.45, 7) is 2.27. The molecular weight excluding hydrogens is 354 g/mol. The van der Waals surface area contributed by atoms with E-state index in [2.05, 4.69) is 36.5 Å². The molecule has 1 unspecified atom stereocenters. The molecule has 1 aliphatic carbocycles. The predicted octanol–water partition coefficient (Wildman–Crippen LogP) is 3.29. The number of aliphatic hydroxyl groups is 1. The van der Waals surface area contributed by atoms with Crippen LogP contribution in [0, 0.1) is 6.92 Å². The van der Waals surface area contributed by atoms with Gasteiger partial charge in [0.25, 0.3) is 0 Å². The first kappa shape index (κ1) is 20.2. The van der Waals surface area contributed by atoms with Crippen LogP contribution < -0.4 is 14.8 Å². The Bertz CT molecular complexity index is 831. The number of carbonyl (C=O) groups is 1. The van der Waals surface area contributed by atoms with Crippen molar-refractivity contribution in [2.45, 2.75) is 44.6 Å². The molecular formula is C23H29NO4. The number of fused-ring (bicyclic) bond motifs is 1. The maximum atomic E-state index is 12.3. The van der Waals surface area contributed by atoms with Crippen molar-refractivity contribution < 1.29 is 19.4 Å². The number of hydrogen-bond acceptors (Lipinski definition) is 4. The van der Waals surface area contributed by atoms with E-state index in [1.165, 1.54) is 11.1 Å². The Morgan fingerprint density at radius 1 is 1.14 bits per heavy atom. The van der Waals surface area contributed by atoms with Crippen LogP contribution in [0.2, 0.25) is 0 Å². The van der Waals surface area contributed by atoms with Crippen LogP contribution in [0.3, 0.4) is 0 Å². The van der Waals surface area contributed by atoms with E-state index in [0.29, 0.717) is 24.3 Å². The van der Waals surface area contributed by atoms with E-state index in [9.17, 15) is 9.90 Å². The van der Waals surface area contributed by atoms with E-state index in [1.54, 1.807) is 14.2 Å². The first-order valence-corrected chi connectivity index (χ1v) is 9.75. The van der Waals surface area contributed by atoms with Crippen LogP contribution in [-0.4, -0.2) is 31.8 Å². The third kappa shape index (κ3) is 4.47. The number of aryl methyl sites for hydroxylation is 3. The Kier molecular flexibility index (Phi) is 6.25. The van der Waals surface area contributed by atoms with Crippen molar-refractivity contribution in [3.8, 4) is 11.5 Å². The summed E-state index contributed by atoms with van der Waals surface area (Å²) in [4.78, 5) is 12.3. The number of nitrogens with one attached hydrogen (secondary N) is 1. The van der Waals surface area contributed by atoms with Gasteiger partial charge in [-0.05, 0) is 61.4 Å².